The van der Waals surface area contributed by atoms with E-state index in [1.165, 1.54) is 6.07 Å². The molecule has 0 bridgehead atoms. The fourth-order valence-electron chi connectivity index (χ4n) is 1.17. The van der Waals surface area contributed by atoms with Gasteiger partial charge in [0.05, 0.1) is 6.07 Å². The van der Waals surface area contributed by atoms with Gasteiger partial charge in [-0.25, -0.2) is 0 Å². The molecule has 17 heavy (non-hydrogen) atoms. The number of nitrogen functional groups attached to an aromatic ring is 1. The van der Waals surface area contributed by atoms with Gasteiger partial charge >= 0.3 is 6.18 Å². The van der Waals surface area contributed by atoms with Crippen LogP contribution >= 0.6 is 11.8 Å². The molecule has 0 saturated heterocycles. The average molecular weight is 260 g/mol. The number of nitrogens with two attached hydrogens (primary N) is 1. The Hall–Kier alpha value is -1.35. The summed E-state index contributed by atoms with van der Waals surface area (Å²) in [7, 11) is 0. The summed E-state index contributed by atoms with van der Waals surface area (Å²) >= 11 is 0.998. The van der Waals surface area contributed by atoms with Crippen molar-refractivity contribution in [2.24, 2.45) is 5.92 Å². The number of nitrogens with zero attached hydrogens (tertiary/aromatic N) is 1. The third kappa shape index (κ3) is 3.56. The zero-order valence-electron chi connectivity index (χ0n) is 9.08. The lowest BCUT2D eigenvalue weighted by molar-refractivity contribution is -0.152. The van der Waals surface area contributed by atoms with Crippen LogP contribution in [-0.4, -0.2) is 11.9 Å². The molecule has 1 atom stereocenters. The fraction of sp³-hybridized carbons (Fsp3) is 0.364. The van der Waals surface area contributed by atoms with E-state index in [1.54, 1.807) is 25.1 Å². The Balaban J connectivity index is 2.74. The second-order valence-corrected chi connectivity index (χ2v) is 4.57. The predicted octanol–water partition coefficient (Wildman–Crippen LogP) is 3.37. The molecule has 0 fully saturated rings. The molecule has 0 aromatic heterocycles. The van der Waals surface area contributed by atoms with Gasteiger partial charge in [0.15, 0.2) is 5.92 Å². The first kappa shape index (κ1) is 13.7. The van der Waals surface area contributed by atoms with Gasteiger partial charge in [0.25, 0.3) is 0 Å². The lowest BCUT2D eigenvalue weighted by Gasteiger charge is -2.13. The molecule has 2 N–H and O–H groups in total. The largest absolute Gasteiger partial charge is 0.405 e. The molecule has 0 spiro atoms. The Bertz CT molecular complexity index is 437. The van der Waals surface area contributed by atoms with E-state index >= 15 is 0 Å². The van der Waals surface area contributed by atoms with Crippen LogP contribution in [0.25, 0.3) is 0 Å². The van der Waals surface area contributed by atoms with Gasteiger partial charge in [-0.05, 0) is 24.6 Å². The Morgan fingerprint density at radius 2 is 2.12 bits per heavy atom. The van der Waals surface area contributed by atoms with Crippen LogP contribution in [0.4, 0.5) is 18.9 Å². The van der Waals surface area contributed by atoms with Gasteiger partial charge in [-0.2, -0.15) is 18.4 Å². The fourth-order valence-corrected chi connectivity index (χ4v) is 2.28. The summed E-state index contributed by atoms with van der Waals surface area (Å²) < 4.78 is 37.0. The second kappa shape index (κ2) is 5.32. The summed E-state index contributed by atoms with van der Waals surface area (Å²) in [5, 5.41) is 8.46. The number of thioether (sulfide) groups is 1. The van der Waals surface area contributed by atoms with E-state index < -0.39 is 12.1 Å². The van der Waals surface area contributed by atoms with Crippen LogP contribution in [0, 0.1) is 24.2 Å². The van der Waals surface area contributed by atoms with E-state index in [0.717, 1.165) is 17.3 Å². The molecule has 2 nitrogen and oxygen atoms in total. The van der Waals surface area contributed by atoms with E-state index in [1.807, 2.05) is 0 Å². The highest BCUT2D eigenvalue weighted by molar-refractivity contribution is 7.99. The van der Waals surface area contributed by atoms with Crippen LogP contribution in [0.3, 0.4) is 0 Å². The van der Waals surface area contributed by atoms with Crippen molar-refractivity contribution in [2.45, 2.75) is 18.0 Å². The summed E-state index contributed by atoms with van der Waals surface area (Å²) in [6, 6.07) is 6.33. The molecule has 0 aliphatic carbocycles. The Labute approximate surface area is 102 Å². The van der Waals surface area contributed by atoms with Gasteiger partial charge < -0.3 is 5.73 Å². The molecule has 1 unspecified atom stereocenters. The van der Waals surface area contributed by atoms with Gasteiger partial charge in [-0.3, -0.25) is 0 Å². The normalized spacial score (nSPS) is 13.1. The molecule has 0 aliphatic rings. The van der Waals surface area contributed by atoms with Crippen molar-refractivity contribution in [3.63, 3.8) is 0 Å². The molecular formula is C11H11F3N2S. The lowest BCUT2D eigenvalue weighted by atomic mass is 10.2. The topological polar surface area (TPSA) is 49.8 Å². The quantitative estimate of drug-likeness (QED) is 0.669. The number of hydrogen-bond acceptors (Lipinski definition) is 3. The maximum Gasteiger partial charge on any atom is 0.405 e. The molecule has 1 aromatic carbocycles. The Kier molecular flexibility index (Phi) is 4.29. The first-order valence-electron chi connectivity index (χ1n) is 4.80. The SMILES string of the molecule is Cc1c(N)cccc1SCC(C#N)C(F)(F)F. The van der Waals surface area contributed by atoms with E-state index in [2.05, 4.69) is 0 Å². The maximum atomic E-state index is 12.3. The first-order valence-corrected chi connectivity index (χ1v) is 5.79. The van der Waals surface area contributed by atoms with Gasteiger partial charge in [-0.1, -0.05) is 6.07 Å². The van der Waals surface area contributed by atoms with Crippen LogP contribution in [0.5, 0.6) is 0 Å². The van der Waals surface area contributed by atoms with E-state index in [4.69, 9.17) is 11.0 Å². The third-order valence-electron chi connectivity index (χ3n) is 2.28. The van der Waals surface area contributed by atoms with E-state index in [0.29, 0.717) is 10.6 Å². The first-order chi connectivity index (χ1) is 7.86. The highest BCUT2D eigenvalue weighted by atomic mass is 32.2. The predicted molar refractivity (Wildman–Crippen MR) is 61.5 cm³/mol. The van der Waals surface area contributed by atoms with Gasteiger partial charge in [-0.15, -0.1) is 11.8 Å². The molecule has 0 aliphatic heterocycles. The van der Waals surface area contributed by atoms with Crippen LogP contribution in [-0.2, 0) is 0 Å². The molecule has 1 aromatic rings. The third-order valence-corrected chi connectivity index (χ3v) is 3.54. The molecule has 0 amide bonds. The molecule has 1 rings (SSSR count). The highest BCUT2D eigenvalue weighted by Crippen LogP contribution is 2.33. The summed E-state index contributed by atoms with van der Waals surface area (Å²) in [6.07, 6.45) is -4.48. The average Bonchev–Trinajstić information content (AvgIpc) is 2.23. The van der Waals surface area contributed by atoms with Crippen LogP contribution in [0.1, 0.15) is 5.56 Å². The van der Waals surface area contributed by atoms with Crippen LogP contribution in [0.15, 0.2) is 23.1 Å². The minimum absolute atomic E-state index is 0.315. The Morgan fingerprint density at radius 1 is 1.47 bits per heavy atom. The zero-order valence-corrected chi connectivity index (χ0v) is 9.90. The lowest BCUT2D eigenvalue weighted by Crippen LogP contribution is -2.23. The smallest absolute Gasteiger partial charge is 0.398 e. The maximum absolute atomic E-state index is 12.3. The van der Waals surface area contributed by atoms with Crippen molar-refractivity contribution in [2.75, 3.05) is 11.5 Å². The number of benzene rings is 1. The number of nitriles is 1. The molecular weight excluding hydrogens is 249 g/mol. The Morgan fingerprint density at radius 3 is 2.65 bits per heavy atom. The van der Waals surface area contributed by atoms with Gasteiger partial charge in [0.2, 0.25) is 0 Å². The molecule has 6 heteroatoms. The number of rotatable bonds is 3. The minimum Gasteiger partial charge on any atom is -0.398 e. The van der Waals surface area contributed by atoms with Crippen molar-refractivity contribution in [3.8, 4) is 6.07 Å². The standard InChI is InChI=1S/C11H11F3N2S/c1-7-9(16)3-2-4-10(7)17-6-8(5-15)11(12,13)14/h2-4,8H,6,16H2,1H3. The molecule has 0 radical (unpaired) electrons. The van der Waals surface area contributed by atoms with Crippen molar-refractivity contribution in [1.82, 2.24) is 0 Å². The molecule has 92 valence electrons. The second-order valence-electron chi connectivity index (χ2n) is 3.50. The number of halogens is 3. The minimum atomic E-state index is -4.48. The summed E-state index contributed by atoms with van der Waals surface area (Å²) in [5.41, 5.74) is 6.93. The summed E-state index contributed by atoms with van der Waals surface area (Å²) in [5.74, 6) is -2.27. The monoisotopic (exact) mass is 260 g/mol. The number of anilines is 1. The van der Waals surface area contributed by atoms with Crippen molar-refractivity contribution in [1.29, 1.82) is 5.26 Å². The van der Waals surface area contributed by atoms with Crippen molar-refractivity contribution >= 4 is 17.4 Å². The molecule has 0 heterocycles. The van der Waals surface area contributed by atoms with Gasteiger partial charge in [0, 0.05) is 16.3 Å². The number of alkyl halides is 3. The van der Waals surface area contributed by atoms with E-state index in [-0.39, 0.29) is 5.75 Å². The summed E-state index contributed by atoms with van der Waals surface area (Å²) in [4.78, 5) is 0.675. The van der Waals surface area contributed by atoms with Gasteiger partial charge in [0.1, 0.15) is 0 Å². The summed E-state index contributed by atoms with van der Waals surface area (Å²) in [6.45, 7) is 1.74. The number of hydrogen-bond donors (Lipinski definition) is 1. The van der Waals surface area contributed by atoms with Crippen molar-refractivity contribution < 1.29 is 13.2 Å². The van der Waals surface area contributed by atoms with Crippen molar-refractivity contribution in [3.05, 3.63) is 23.8 Å². The highest BCUT2D eigenvalue weighted by Gasteiger charge is 2.39. The van der Waals surface area contributed by atoms with Crippen LogP contribution < -0.4 is 5.73 Å². The zero-order chi connectivity index (χ0) is 13.1. The van der Waals surface area contributed by atoms with E-state index in [9.17, 15) is 13.2 Å². The van der Waals surface area contributed by atoms with Crippen LogP contribution in [0.2, 0.25) is 0 Å². The molecule has 0 saturated carbocycles.